The number of hydrogen-bond acceptors (Lipinski definition) is 5. The Hall–Kier alpha value is -0.650. The molecule has 0 atom stereocenters. The van der Waals surface area contributed by atoms with Crippen molar-refractivity contribution in [1.82, 2.24) is 9.80 Å². The van der Waals surface area contributed by atoms with E-state index in [2.05, 4.69) is 21.6 Å². The summed E-state index contributed by atoms with van der Waals surface area (Å²) < 4.78 is 9.91. The molecule has 1 saturated heterocycles. The minimum Gasteiger partial charge on any atom is -0.469 e. The summed E-state index contributed by atoms with van der Waals surface area (Å²) in [6, 6.07) is 0. The number of ether oxygens (including phenoxy) is 2. The van der Waals surface area contributed by atoms with Gasteiger partial charge >= 0.3 is 5.97 Å². The summed E-state index contributed by atoms with van der Waals surface area (Å²) in [6.07, 6.45) is 1.38. The minimum absolute atomic E-state index is 0.119. The second kappa shape index (κ2) is 8.44. The predicted molar refractivity (Wildman–Crippen MR) is 66.0 cm³/mol. The summed E-state index contributed by atoms with van der Waals surface area (Å²) in [4.78, 5) is 15.6. The number of hydrogen-bond donors (Lipinski definition) is 0. The summed E-state index contributed by atoms with van der Waals surface area (Å²) in [5.74, 6) is -0.119. The van der Waals surface area contributed by atoms with E-state index in [1.54, 1.807) is 0 Å². The molecule has 0 saturated carbocycles. The van der Waals surface area contributed by atoms with Crippen molar-refractivity contribution in [3.05, 3.63) is 0 Å². The van der Waals surface area contributed by atoms with Gasteiger partial charge in [0.25, 0.3) is 0 Å². The number of carbonyl (C=O) groups is 1. The van der Waals surface area contributed by atoms with E-state index < -0.39 is 0 Å². The summed E-state index contributed by atoms with van der Waals surface area (Å²) in [6.45, 7) is 6.85. The van der Waals surface area contributed by atoms with Gasteiger partial charge in [0.2, 0.25) is 0 Å². The van der Waals surface area contributed by atoms with Crippen LogP contribution in [0.2, 0.25) is 0 Å². The summed E-state index contributed by atoms with van der Waals surface area (Å²) in [7, 11) is 3.53. The Morgan fingerprint density at radius 1 is 1.35 bits per heavy atom. The van der Waals surface area contributed by atoms with Crippen molar-refractivity contribution in [2.75, 3.05) is 60.1 Å². The van der Waals surface area contributed by atoms with Gasteiger partial charge in [-0.25, -0.2) is 0 Å². The van der Waals surface area contributed by atoms with Crippen molar-refractivity contribution in [1.29, 1.82) is 0 Å². The molecular weight excluding hydrogens is 220 g/mol. The van der Waals surface area contributed by atoms with Crippen molar-refractivity contribution in [3.63, 3.8) is 0 Å². The van der Waals surface area contributed by atoms with Crippen LogP contribution < -0.4 is 0 Å². The molecular formula is C12H24N2O3. The molecule has 1 fully saturated rings. The lowest BCUT2D eigenvalue weighted by Gasteiger charge is -2.28. The van der Waals surface area contributed by atoms with E-state index in [1.807, 2.05) is 0 Å². The van der Waals surface area contributed by atoms with Crippen LogP contribution in [0.25, 0.3) is 0 Å². The average Bonchev–Trinajstić information content (AvgIpc) is 2.37. The number of morpholine rings is 1. The molecule has 0 amide bonds. The Balaban J connectivity index is 2.00. The SMILES string of the molecule is COC(=O)CCCN(C)CCN1CCOCC1. The van der Waals surface area contributed by atoms with E-state index in [1.165, 1.54) is 7.11 Å². The first kappa shape index (κ1) is 14.4. The fourth-order valence-corrected chi connectivity index (χ4v) is 1.84. The van der Waals surface area contributed by atoms with Gasteiger partial charge in [0, 0.05) is 32.6 Å². The van der Waals surface area contributed by atoms with Gasteiger partial charge in [-0.15, -0.1) is 0 Å². The van der Waals surface area contributed by atoms with Crippen LogP contribution in [0, 0.1) is 0 Å². The molecule has 0 radical (unpaired) electrons. The number of nitrogens with zero attached hydrogens (tertiary/aromatic N) is 2. The van der Waals surface area contributed by atoms with Crippen LogP contribution in [0.1, 0.15) is 12.8 Å². The summed E-state index contributed by atoms with van der Waals surface area (Å²) in [5, 5.41) is 0. The van der Waals surface area contributed by atoms with E-state index in [0.29, 0.717) is 6.42 Å². The van der Waals surface area contributed by atoms with Gasteiger partial charge in [-0.3, -0.25) is 9.69 Å². The number of methoxy groups -OCH3 is 1. The molecule has 0 aromatic rings. The Morgan fingerprint density at radius 3 is 2.71 bits per heavy atom. The Morgan fingerprint density at radius 2 is 2.06 bits per heavy atom. The molecule has 1 aliphatic heterocycles. The van der Waals surface area contributed by atoms with Crippen LogP contribution in [0.5, 0.6) is 0 Å². The lowest BCUT2D eigenvalue weighted by Crippen LogP contribution is -2.40. The standard InChI is InChI=1S/C12H24N2O3/c1-13(5-3-4-12(15)16-2)6-7-14-8-10-17-11-9-14/h3-11H2,1-2H3. The van der Waals surface area contributed by atoms with E-state index in [-0.39, 0.29) is 5.97 Å². The van der Waals surface area contributed by atoms with Gasteiger partial charge < -0.3 is 14.4 Å². The van der Waals surface area contributed by atoms with Crippen molar-refractivity contribution < 1.29 is 14.3 Å². The van der Waals surface area contributed by atoms with Gasteiger partial charge in [-0.1, -0.05) is 0 Å². The molecule has 1 aliphatic rings. The van der Waals surface area contributed by atoms with Crippen molar-refractivity contribution in [2.45, 2.75) is 12.8 Å². The van der Waals surface area contributed by atoms with Crippen LogP contribution >= 0.6 is 0 Å². The Bertz CT molecular complexity index is 218. The second-order valence-electron chi connectivity index (χ2n) is 4.44. The van der Waals surface area contributed by atoms with Gasteiger partial charge in [-0.05, 0) is 20.0 Å². The highest BCUT2D eigenvalue weighted by molar-refractivity contribution is 5.69. The molecule has 17 heavy (non-hydrogen) atoms. The number of carbonyl (C=O) groups excluding carboxylic acids is 1. The fourth-order valence-electron chi connectivity index (χ4n) is 1.84. The molecule has 5 nitrogen and oxygen atoms in total. The van der Waals surface area contributed by atoms with Gasteiger partial charge in [0.1, 0.15) is 0 Å². The normalized spacial score (nSPS) is 17.4. The predicted octanol–water partition coefficient (Wildman–Crippen LogP) is 0.204. The Kier molecular flexibility index (Phi) is 7.16. The maximum Gasteiger partial charge on any atom is 0.305 e. The van der Waals surface area contributed by atoms with Crippen molar-refractivity contribution in [2.24, 2.45) is 0 Å². The maximum atomic E-state index is 10.9. The molecule has 0 N–H and O–H groups in total. The molecule has 100 valence electrons. The highest BCUT2D eigenvalue weighted by atomic mass is 16.5. The third-order valence-corrected chi connectivity index (χ3v) is 3.05. The smallest absolute Gasteiger partial charge is 0.305 e. The van der Waals surface area contributed by atoms with Crippen LogP contribution in [0.3, 0.4) is 0 Å². The first-order chi connectivity index (χ1) is 8.22. The molecule has 0 aromatic heterocycles. The summed E-state index contributed by atoms with van der Waals surface area (Å²) in [5.41, 5.74) is 0. The van der Waals surface area contributed by atoms with Crippen molar-refractivity contribution in [3.8, 4) is 0 Å². The van der Waals surface area contributed by atoms with Crippen LogP contribution in [0.4, 0.5) is 0 Å². The fraction of sp³-hybridized carbons (Fsp3) is 0.917. The highest BCUT2D eigenvalue weighted by Crippen LogP contribution is 1.98. The third-order valence-electron chi connectivity index (χ3n) is 3.05. The second-order valence-corrected chi connectivity index (χ2v) is 4.44. The zero-order valence-electron chi connectivity index (χ0n) is 11.0. The lowest BCUT2D eigenvalue weighted by atomic mass is 10.3. The first-order valence-corrected chi connectivity index (χ1v) is 6.28. The molecule has 1 heterocycles. The van der Waals surface area contributed by atoms with E-state index >= 15 is 0 Å². The number of likely N-dealkylation sites (N-methyl/N-ethyl adjacent to an activating group) is 1. The topological polar surface area (TPSA) is 42.0 Å². The lowest BCUT2D eigenvalue weighted by molar-refractivity contribution is -0.140. The van der Waals surface area contributed by atoms with E-state index in [0.717, 1.165) is 52.4 Å². The number of esters is 1. The quantitative estimate of drug-likeness (QED) is 0.599. The third kappa shape index (κ3) is 6.61. The Labute approximate surface area is 104 Å². The zero-order chi connectivity index (χ0) is 12.5. The number of rotatable bonds is 7. The molecule has 0 unspecified atom stereocenters. The monoisotopic (exact) mass is 244 g/mol. The summed E-state index contributed by atoms with van der Waals surface area (Å²) >= 11 is 0. The molecule has 1 rings (SSSR count). The van der Waals surface area contributed by atoms with Crippen LogP contribution in [0.15, 0.2) is 0 Å². The first-order valence-electron chi connectivity index (χ1n) is 6.28. The molecule has 0 bridgehead atoms. The minimum atomic E-state index is -0.119. The average molecular weight is 244 g/mol. The largest absolute Gasteiger partial charge is 0.469 e. The zero-order valence-corrected chi connectivity index (χ0v) is 11.0. The highest BCUT2D eigenvalue weighted by Gasteiger charge is 2.10. The maximum absolute atomic E-state index is 10.9. The van der Waals surface area contributed by atoms with Gasteiger partial charge in [-0.2, -0.15) is 0 Å². The van der Waals surface area contributed by atoms with Crippen LogP contribution in [-0.4, -0.2) is 75.9 Å². The van der Waals surface area contributed by atoms with Gasteiger partial charge in [0.15, 0.2) is 0 Å². The molecule has 0 aliphatic carbocycles. The van der Waals surface area contributed by atoms with E-state index in [4.69, 9.17) is 4.74 Å². The van der Waals surface area contributed by atoms with Gasteiger partial charge in [0.05, 0.1) is 20.3 Å². The van der Waals surface area contributed by atoms with Crippen molar-refractivity contribution >= 4 is 5.97 Å². The van der Waals surface area contributed by atoms with Crippen LogP contribution in [-0.2, 0) is 14.3 Å². The van der Waals surface area contributed by atoms with E-state index in [9.17, 15) is 4.79 Å². The molecule has 5 heteroatoms. The molecule has 0 spiro atoms. The molecule has 0 aromatic carbocycles.